The van der Waals surface area contributed by atoms with Crippen molar-refractivity contribution in [1.82, 2.24) is 0 Å². The maximum absolute atomic E-state index is 10.5. The molecule has 1 rings (SSSR count). The topological polar surface area (TPSA) is 49.3 Å². The highest BCUT2D eigenvalue weighted by Crippen LogP contribution is 2.30. The molecule has 0 amide bonds. The van der Waals surface area contributed by atoms with E-state index in [0.717, 1.165) is 11.8 Å². The van der Waals surface area contributed by atoms with Gasteiger partial charge in [-0.25, -0.2) is 4.79 Å². The van der Waals surface area contributed by atoms with Crippen LogP contribution in [0.25, 0.3) is 4.48 Å². The Bertz CT molecular complexity index is 418. The van der Waals surface area contributed by atoms with Crippen LogP contribution in [-0.4, -0.2) is 18.1 Å². The number of aliphatic carboxylic acids is 1. The Hall–Kier alpha value is -1.00. The van der Waals surface area contributed by atoms with Crippen LogP contribution in [0.1, 0.15) is 5.56 Å². The number of carbonyl (C=O) groups is 1. The summed E-state index contributed by atoms with van der Waals surface area (Å²) in [7, 11) is 1.76. The van der Waals surface area contributed by atoms with Crippen molar-refractivity contribution in [1.29, 1.82) is 0 Å². The second kappa shape index (κ2) is 5.19. The minimum Gasteiger partial charge on any atom is -0.478 e. The lowest BCUT2D eigenvalue weighted by Crippen LogP contribution is -1.94. The zero-order chi connectivity index (χ0) is 11.4. The summed E-state index contributed by atoms with van der Waals surface area (Å²) in [4.78, 5) is 10.5. The van der Waals surface area contributed by atoms with Gasteiger partial charge in [-0.1, -0.05) is 11.6 Å². The van der Waals surface area contributed by atoms with Gasteiger partial charge in [0.1, 0.15) is 0 Å². The summed E-state index contributed by atoms with van der Waals surface area (Å²) in [5.74, 6) is -1.01. The van der Waals surface area contributed by atoms with Crippen LogP contribution in [0.3, 0.4) is 0 Å². The predicted octanol–water partition coefficient (Wildman–Crippen LogP) is 3.20. The van der Waals surface area contributed by atoms with Gasteiger partial charge in [-0.15, -0.1) is 0 Å². The summed E-state index contributed by atoms with van der Waals surface area (Å²) in [6, 6.07) is 5.21. The van der Waals surface area contributed by atoms with Crippen molar-refractivity contribution in [3.8, 4) is 0 Å². The molecule has 0 fully saturated rings. The zero-order valence-electron chi connectivity index (χ0n) is 7.92. The van der Waals surface area contributed by atoms with Crippen LogP contribution in [-0.2, 0) is 4.79 Å². The van der Waals surface area contributed by atoms with Gasteiger partial charge in [-0.05, 0) is 34.1 Å². The standard InChI is InChI=1S/C10H9BrClNO2/c1-13-9-3-2-6(12)4-7(9)8(11)5-10(14)15/h2-5,13H,1H3,(H,14,15)/b8-5-. The Labute approximate surface area is 101 Å². The summed E-state index contributed by atoms with van der Waals surface area (Å²) >= 11 is 9.03. The molecule has 1 aromatic rings. The number of rotatable bonds is 3. The number of carboxylic acids is 1. The van der Waals surface area contributed by atoms with Crippen LogP contribution >= 0.6 is 27.5 Å². The maximum atomic E-state index is 10.5. The summed E-state index contributed by atoms with van der Waals surface area (Å²) in [6.45, 7) is 0. The van der Waals surface area contributed by atoms with Gasteiger partial charge in [0, 0.05) is 33.9 Å². The molecule has 0 aliphatic carbocycles. The Morgan fingerprint density at radius 3 is 2.80 bits per heavy atom. The van der Waals surface area contributed by atoms with Crippen LogP contribution < -0.4 is 5.32 Å². The first-order valence-electron chi connectivity index (χ1n) is 4.12. The summed E-state index contributed by atoms with van der Waals surface area (Å²) < 4.78 is 0.474. The molecule has 0 saturated carbocycles. The lowest BCUT2D eigenvalue weighted by Gasteiger charge is -2.08. The highest BCUT2D eigenvalue weighted by Gasteiger charge is 2.06. The fraction of sp³-hybridized carbons (Fsp3) is 0.100. The number of nitrogens with one attached hydrogen (secondary N) is 1. The molecule has 0 spiro atoms. The Balaban J connectivity index is 3.22. The SMILES string of the molecule is CNc1ccc(Cl)cc1/C(Br)=C/C(=O)O. The Morgan fingerprint density at radius 2 is 2.27 bits per heavy atom. The molecule has 80 valence electrons. The van der Waals surface area contributed by atoms with Crippen molar-refractivity contribution >= 4 is 43.7 Å². The molecular formula is C10H9BrClNO2. The average molecular weight is 291 g/mol. The quantitative estimate of drug-likeness (QED) is 0.841. The van der Waals surface area contributed by atoms with Crippen LogP contribution in [0, 0.1) is 0 Å². The van der Waals surface area contributed by atoms with Crippen LogP contribution in [0.2, 0.25) is 5.02 Å². The summed E-state index contributed by atoms with van der Waals surface area (Å²) in [5.41, 5.74) is 1.52. The summed E-state index contributed by atoms with van der Waals surface area (Å²) in [5, 5.41) is 12.1. The molecule has 0 aliphatic rings. The van der Waals surface area contributed by atoms with Gasteiger partial charge in [0.25, 0.3) is 0 Å². The van der Waals surface area contributed by atoms with E-state index >= 15 is 0 Å². The lowest BCUT2D eigenvalue weighted by atomic mass is 10.1. The fourth-order valence-electron chi connectivity index (χ4n) is 1.12. The normalized spacial score (nSPS) is 11.3. The molecule has 0 aromatic heterocycles. The highest BCUT2D eigenvalue weighted by atomic mass is 79.9. The van der Waals surface area contributed by atoms with Gasteiger partial charge in [0.2, 0.25) is 0 Å². The number of hydrogen-bond donors (Lipinski definition) is 2. The van der Waals surface area contributed by atoms with Gasteiger partial charge in [0.15, 0.2) is 0 Å². The smallest absolute Gasteiger partial charge is 0.329 e. The Morgan fingerprint density at radius 1 is 1.60 bits per heavy atom. The van der Waals surface area contributed by atoms with Gasteiger partial charge in [-0.2, -0.15) is 0 Å². The second-order valence-corrected chi connectivity index (χ2v) is 4.06. The molecule has 1 aromatic carbocycles. The van der Waals surface area contributed by atoms with E-state index in [0.29, 0.717) is 15.1 Å². The van der Waals surface area contributed by atoms with Gasteiger partial charge < -0.3 is 10.4 Å². The van der Waals surface area contributed by atoms with E-state index in [4.69, 9.17) is 16.7 Å². The minimum absolute atomic E-state index is 0.474. The molecule has 2 N–H and O–H groups in total. The van der Waals surface area contributed by atoms with Crippen LogP contribution in [0.15, 0.2) is 24.3 Å². The molecule has 0 heterocycles. The number of hydrogen-bond acceptors (Lipinski definition) is 2. The third-order valence-electron chi connectivity index (χ3n) is 1.76. The van der Waals surface area contributed by atoms with E-state index in [1.807, 2.05) is 0 Å². The Kier molecular flexibility index (Phi) is 4.17. The van der Waals surface area contributed by atoms with Crippen molar-refractivity contribution in [2.45, 2.75) is 0 Å². The lowest BCUT2D eigenvalue weighted by molar-refractivity contribution is -0.131. The largest absolute Gasteiger partial charge is 0.478 e. The molecule has 0 saturated heterocycles. The third-order valence-corrected chi connectivity index (χ3v) is 2.65. The predicted molar refractivity (Wildman–Crippen MR) is 65.5 cm³/mol. The maximum Gasteiger partial charge on any atom is 0.329 e. The fourth-order valence-corrected chi connectivity index (χ4v) is 1.81. The van der Waals surface area contributed by atoms with Gasteiger partial charge in [0.05, 0.1) is 0 Å². The molecule has 0 atom stereocenters. The average Bonchev–Trinajstić information content (AvgIpc) is 2.16. The monoisotopic (exact) mass is 289 g/mol. The third kappa shape index (κ3) is 3.25. The van der Waals surface area contributed by atoms with E-state index in [9.17, 15) is 4.79 Å². The number of carboxylic acid groups (broad SMARTS) is 1. The molecule has 0 bridgehead atoms. The van der Waals surface area contributed by atoms with Crippen molar-refractivity contribution < 1.29 is 9.90 Å². The van der Waals surface area contributed by atoms with Gasteiger partial charge >= 0.3 is 5.97 Å². The first kappa shape index (κ1) is 12.1. The van der Waals surface area contributed by atoms with E-state index in [2.05, 4.69) is 21.2 Å². The first-order valence-corrected chi connectivity index (χ1v) is 5.29. The van der Waals surface area contributed by atoms with E-state index in [1.54, 1.807) is 25.2 Å². The molecule has 0 aliphatic heterocycles. The van der Waals surface area contributed by atoms with Crippen LogP contribution in [0.4, 0.5) is 5.69 Å². The molecular weight excluding hydrogens is 281 g/mol. The van der Waals surface area contributed by atoms with Crippen LogP contribution in [0.5, 0.6) is 0 Å². The van der Waals surface area contributed by atoms with Crippen molar-refractivity contribution in [3.63, 3.8) is 0 Å². The molecule has 0 radical (unpaired) electrons. The number of anilines is 1. The highest BCUT2D eigenvalue weighted by molar-refractivity contribution is 9.15. The molecule has 3 nitrogen and oxygen atoms in total. The van der Waals surface area contributed by atoms with Crippen molar-refractivity contribution in [3.05, 3.63) is 34.9 Å². The molecule has 5 heteroatoms. The molecule has 0 unspecified atom stereocenters. The first-order chi connectivity index (χ1) is 7.04. The number of halogens is 2. The zero-order valence-corrected chi connectivity index (χ0v) is 10.3. The van der Waals surface area contributed by atoms with E-state index < -0.39 is 5.97 Å². The second-order valence-electron chi connectivity index (χ2n) is 2.77. The van der Waals surface area contributed by atoms with Gasteiger partial charge in [-0.3, -0.25) is 0 Å². The molecule has 15 heavy (non-hydrogen) atoms. The summed E-state index contributed by atoms with van der Waals surface area (Å²) in [6.07, 6.45) is 1.08. The number of benzene rings is 1. The minimum atomic E-state index is -1.01. The van der Waals surface area contributed by atoms with Crippen molar-refractivity contribution in [2.24, 2.45) is 0 Å². The van der Waals surface area contributed by atoms with E-state index in [1.165, 1.54) is 0 Å². The van der Waals surface area contributed by atoms with Crippen molar-refractivity contribution in [2.75, 3.05) is 12.4 Å². The van der Waals surface area contributed by atoms with E-state index in [-0.39, 0.29) is 0 Å².